The molecular weight excluding hydrogens is 290 g/mol. The Morgan fingerprint density at radius 3 is 2.65 bits per heavy atom. The molecule has 0 bridgehead atoms. The Labute approximate surface area is 137 Å². The number of carbonyl (C=O) groups excluding carboxylic acids is 1. The number of carbonyl (C=O) groups is 1. The molecular formula is C18H25N3O2. The topological polar surface area (TPSA) is 45.7 Å². The van der Waals surface area contributed by atoms with Gasteiger partial charge in [0.15, 0.2) is 0 Å². The van der Waals surface area contributed by atoms with E-state index in [1.807, 2.05) is 23.4 Å². The number of likely N-dealkylation sites (N-methyl/N-ethyl adjacent to an activating group) is 1. The number of pyridine rings is 1. The number of aromatic nitrogens is 1. The SMILES string of the molecule is CCN1CC2(CCN(Cc3cccnc3)CC2)OC2(CC2)C1=O. The molecule has 4 rings (SSSR count). The summed E-state index contributed by atoms with van der Waals surface area (Å²) in [6.45, 7) is 6.64. The second-order valence-corrected chi connectivity index (χ2v) is 7.24. The fourth-order valence-corrected chi connectivity index (χ4v) is 4.01. The summed E-state index contributed by atoms with van der Waals surface area (Å²) in [5.74, 6) is 0.225. The van der Waals surface area contributed by atoms with Crippen LogP contribution in [-0.4, -0.2) is 58.1 Å². The first-order valence-corrected chi connectivity index (χ1v) is 8.76. The maximum atomic E-state index is 12.5. The van der Waals surface area contributed by atoms with Crippen LogP contribution in [-0.2, 0) is 16.1 Å². The van der Waals surface area contributed by atoms with Crippen LogP contribution in [0.2, 0.25) is 0 Å². The molecule has 5 nitrogen and oxygen atoms in total. The van der Waals surface area contributed by atoms with E-state index in [2.05, 4.69) is 22.9 Å². The molecule has 2 aliphatic heterocycles. The van der Waals surface area contributed by atoms with Crippen molar-refractivity contribution in [2.45, 2.75) is 50.4 Å². The maximum absolute atomic E-state index is 12.5. The van der Waals surface area contributed by atoms with Gasteiger partial charge in [0.25, 0.3) is 5.91 Å². The van der Waals surface area contributed by atoms with Crippen LogP contribution < -0.4 is 0 Å². The molecule has 0 atom stereocenters. The van der Waals surface area contributed by atoms with Crippen molar-refractivity contribution >= 4 is 5.91 Å². The molecule has 3 heterocycles. The molecule has 124 valence electrons. The Hall–Kier alpha value is -1.46. The molecule has 1 saturated carbocycles. The normalized spacial score (nSPS) is 26.0. The van der Waals surface area contributed by atoms with E-state index in [1.54, 1.807) is 0 Å². The Bertz CT molecular complexity index is 577. The zero-order chi connectivity index (χ0) is 15.9. The van der Waals surface area contributed by atoms with Gasteiger partial charge in [-0.05, 0) is 44.2 Å². The fourth-order valence-electron chi connectivity index (χ4n) is 4.01. The highest BCUT2D eigenvalue weighted by atomic mass is 16.5. The molecule has 3 fully saturated rings. The van der Waals surface area contributed by atoms with Gasteiger partial charge in [-0.2, -0.15) is 0 Å². The number of rotatable bonds is 3. The largest absolute Gasteiger partial charge is 0.357 e. The number of amides is 1. The zero-order valence-electron chi connectivity index (χ0n) is 13.8. The minimum Gasteiger partial charge on any atom is -0.357 e. The third-order valence-electron chi connectivity index (χ3n) is 5.55. The monoisotopic (exact) mass is 315 g/mol. The second kappa shape index (κ2) is 5.56. The Morgan fingerprint density at radius 2 is 2.04 bits per heavy atom. The third kappa shape index (κ3) is 2.76. The number of piperidine rings is 1. The lowest BCUT2D eigenvalue weighted by atomic mass is 9.87. The lowest BCUT2D eigenvalue weighted by molar-refractivity contribution is -0.200. The number of likely N-dealkylation sites (tertiary alicyclic amines) is 1. The fraction of sp³-hybridized carbons (Fsp3) is 0.667. The van der Waals surface area contributed by atoms with E-state index in [4.69, 9.17) is 4.74 Å². The van der Waals surface area contributed by atoms with Gasteiger partial charge in [0.05, 0.1) is 5.60 Å². The van der Waals surface area contributed by atoms with Gasteiger partial charge in [0, 0.05) is 45.1 Å². The molecule has 2 saturated heterocycles. The van der Waals surface area contributed by atoms with Crippen LogP contribution in [0.1, 0.15) is 38.2 Å². The average molecular weight is 315 g/mol. The Kier molecular flexibility index (Phi) is 3.65. The van der Waals surface area contributed by atoms with Crippen molar-refractivity contribution in [1.82, 2.24) is 14.8 Å². The standard InChI is InChI=1S/C18H25N3O2/c1-2-21-14-17(23-18(5-6-18)16(21)22)7-10-20(11-8-17)13-15-4-3-9-19-12-15/h3-4,9,12H,2,5-8,10-11,13-14H2,1H3. The van der Waals surface area contributed by atoms with Crippen molar-refractivity contribution in [3.05, 3.63) is 30.1 Å². The van der Waals surface area contributed by atoms with Gasteiger partial charge in [-0.3, -0.25) is 14.7 Å². The first-order chi connectivity index (χ1) is 11.1. The highest BCUT2D eigenvalue weighted by Crippen LogP contribution is 2.49. The van der Waals surface area contributed by atoms with E-state index in [1.165, 1.54) is 5.56 Å². The molecule has 1 aromatic rings. The predicted octanol–water partition coefficient (Wildman–Crippen LogP) is 1.83. The number of morpholine rings is 1. The summed E-state index contributed by atoms with van der Waals surface area (Å²) in [4.78, 5) is 21.1. The van der Waals surface area contributed by atoms with E-state index in [0.29, 0.717) is 0 Å². The molecule has 0 aromatic carbocycles. The molecule has 1 aromatic heterocycles. The van der Waals surface area contributed by atoms with Gasteiger partial charge < -0.3 is 9.64 Å². The summed E-state index contributed by atoms with van der Waals surface area (Å²) in [6.07, 6.45) is 7.60. The van der Waals surface area contributed by atoms with Crippen molar-refractivity contribution in [3.8, 4) is 0 Å². The van der Waals surface area contributed by atoms with Crippen LogP contribution in [0.15, 0.2) is 24.5 Å². The van der Waals surface area contributed by atoms with Crippen LogP contribution in [0.25, 0.3) is 0 Å². The van der Waals surface area contributed by atoms with Gasteiger partial charge in [-0.1, -0.05) is 6.07 Å². The number of hydrogen-bond donors (Lipinski definition) is 0. The second-order valence-electron chi connectivity index (χ2n) is 7.24. The van der Waals surface area contributed by atoms with Gasteiger partial charge in [-0.15, -0.1) is 0 Å². The van der Waals surface area contributed by atoms with Crippen LogP contribution >= 0.6 is 0 Å². The van der Waals surface area contributed by atoms with E-state index < -0.39 is 5.60 Å². The lowest BCUT2D eigenvalue weighted by Crippen LogP contribution is -2.62. The van der Waals surface area contributed by atoms with E-state index in [-0.39, 0.29) is 11.5 Å². The van der Waals surface area contributed by atoms with Crippen LogP contribution in [0.5, 0.6) is 0 Å². The molecule has 0 unspecified atom stereocenters. The summed E-state index contributed by atoms with van der Waals surface area (Å²) in [7, 11) is 0. The Morgan fingerprint density at radius 1 is 1.26 bits per heavy atom. The van der Waals surface area contributed by atoms with Crippen LogP contribution in [0.4, 0.5) is 0 Å². The van der Waals surface area contributed by atoms with Crippen LogP contribution in [0.3, 0.4) is 0 Å². The van der Waals surface area contributed by atoms with Crippen molar-refractivity contribution in [2.75, 3.05) is 26.2 Å². The molecule has 0 radical (unpaired) electrons. The molecule has 3 aliphatic rings. The summed E-state index contributed by atoms with van der Waals surface area (Å²) >= 11 is 0. The highest BCUT2D eigenvalue weighted by Gasteiger charge is 2.61. The molecule has 1 amide bonds. The van der Waals surface area contributed by atoms with Crippen LogP contribution in [0, 0.1) is 0 Å². The summed E-state index contributed by atoms with van der Waals surface area (Å²) in [5, 5.41) is 0. The molecule has 23 heavy (non-hydrogen) atoms. The predicted molar refractivity (Wildman–Crippen MR) is 86.8 cm³/mol. The van der Waals surface area contributed by atoms with Crippen molar-refractivity contribution in [3.63, 3.8) is 0 Å². The molecule has 0 N–H and O–H groups in total. The first kappa shape index (κ1) is 15.1. The number of hydrogen-bond acceptors (Lipinski definition) is 4. The van der Waals surface area contributed by atoms with E-state index in [0.717, 1.165) is 58.4 Å². The van der Waals surface area contributed by atoms with Gasteiger partial charge in [0.2, 0.25) is 0 Å². The average Bonchev–Trinajstić information content (AvgIpc) is 3.35. The van der Waals surface area contributed by atoms with E-state index >= 15 is 0 Å². The first-order valence-electron chi connectivity index (χ1n) is 8.76. The van der Waals surface area contributed by atoms with Gasteiger partial charge in [0.1, 0.15) is 5.60 Å². The number of nitrogens with zero attached hydrogens (tertiary/aromatic N) is 3. The van der Waals surface area contributed by atoms with Gasteiger partial charge >= 0.3 is 0 Å². The minimum absolute atomic E-state index is 0.119. The van der Waals surface area contributed by atoms with Crippen molar-refractivity contribution < 1.29 is 9.53 Å². The summed E-state index contributed by atoms with van der Waals surface area (Å²) < 4.78 is 6.43. The quantitative estimate of drug-likeness (QED) is 0.854. The summed E-state index contributed by atoms with van der Waals surface area (Å²) in [5.41, 5.74) is 0.683. The molecule has 5 heteroatoms. The summed E-state index contributed by atoms with van der Waals surface area (Å²) in [6, 6.07) is 4.12. The number of ether oxygens (including phenoxy) is 1. The third-order valence-corrected chi connectivity index (χ3v) is 5.55. The lowest BCUT2D eigenvalue weighted by Gasteiger charge is -2.50. The maximum Gasteiger partial charge on any atom is 0.254 e. The van der Waals surface area contributed by atoms with Crippen molar-refractivity contribution in [2.24, 2.45) is 0 Å². The highest BCUT2D eigenvalue weighted by molar-refractivity contribution is 5.89. The Balaban J connectivity index is 1.41. The molecule has 2 spiro atoms. The van der Waals surface area contributed by atoms with E-state index in [9.17, 15) is 4.79 Å². The smallest absolute Gasteiger partial charge is 0.254 e. The van der Waals surface area contributed by atoms with Gasteiger partial charge in [-0.25, -0.2) is 0 Å². The minimum atomic E-state index is -0.459. The van der Waals surface area contributed by atoms with Crippen molar-refractivity contribution in [1.29, 1.82) is 0 Å². The zero-order valence-corrected chi connectivity index (χ0v) is 13.8. The molecule has 1 aliphatic carbocycles.